The van der Waals surface area contributed by atoms with E-state index in [0.29, 0.717) is 19.6 Å². The highest BCUT2D eigenvalue weighted by molar-refractivity contribution is 9.10. The summed E-state index contributed by atoms with van der Waals surface area (Å²) in [6.07, 6.45) is 1.36. The number of benzene rings is 2. The van der Waals surface area contributed by atoms with Crippen LogP contribution in [0.3, 0.4) is 0 Å². The van der Waals surface area contributed by atoms with Crippen LogP contribution in [-0.2, 0) is 17.8 Å². The molecule has 0 spiro atoms. The molecule has 116 valence electrons. The Morgan fingerprint density at radius 2 is 1.91 bits per heavy atom. The lowest BCUT2D eigenvalue weighted by atomic mass is 10.1. The minimum Gasteiger partial charge on any atom is -0.494 e. The minimum atomic E-state index is 0.0120. The van der Waals surface area contributed by atoms with Gasteiger partial charge >= 0.3 is 0 Å². The molecule has 0 aliphatic carbocycles. The summed E-state index contributed by atoms with van der Waals surface area (Å²) in [5.41, 5.74) is 2.03. The fourth-order valence-electron chi connectivity index (χ4n) is 2.06. The van der Waals surface area contributed by atoms with Gasteiger partial charge < -0.3 is 10.1 Å². The molecule has 22 heavy (non-hydrogen) atoms. The lowest BCUT2D eigenvalue weighted by Crippen LogP contribution is -2.24. The summed E-state index contributed by atoms with van der Waals surface area (Å²) in [6.45, 7) is 3.29. The van der Waals surface area contributed by atoms with Crippen molar-refractivity contribution in [2.45, 2.75) is 26.3 Å². The number of carbonyl (C=O) groups is 1. The van der Waals surface area contributed by atoms with Crippen molar-refractivity contribution < 1.29 is 9.53 Å². The first kappa shape index (κ1) is 16.6. The number of rotatable bonds is 7. The summed E-state index contributed by atoms with van der Waals surface area (Å²) in [5.74, 6) is 0.860. The molecule has 1 amide bonds. The Kier molecular flexibility index (Phi) is 6.46. The second-order valence-corrected chi connectivity index (χ2v) is 5.99. The predicted molar refractivity (Wildman–Crippen MR) is 91.9 cm³/mol. The van der Waals surface area contributed by atoms with Gasteiger partial charge in [0.25, 0.3) is 0 Å². The van der Waals surface area contributed by atoms with Crippen molar-refractivity contribution in [3.05, 3.63) is 64.1 Å². The first-order valence-corrected chi connectivity index (χ1v) is 8.19. The molecule has 0 aliphatic rings. The Morgan fingerprint density at radius 3 is 2.68 bits per heavy atom. The van der Waals surface area contributed by atoms with E-state index >= 15 is 0 Å². The lowest BCUT2D eigenvalue weighted by Gasteiger charge is -2.08. The SMILES string of the molecule is CCCOc1cccc(CNC(=O)Cc2cccc(Br)c2)c1. The number of nitrogens with one attached hydrogen (secondary N) is 1. The van der Waals surface area contributed by atoms with E-state index in [1.54, 1.807) is 0 Å². The summed E-state index contributed by atoms with van der Waals surface area (Å²) >= 11 is 3.41. The summed E-state index contributed by atoms with van der Waals surface area (Å²) in [7, 11) is 0. The van der Waals surface area contributed by atoms with Crippen molar-refractivity contribution in [1.82, 2.24) is 5.32 Å². The lowest BCUT2D eigenvalue weighted by molar-refractivity contribution is -0.120. The van der Waals surface area contributed by atoms with E-state index in [1.807, 2.05) is 48.5 Å². The molecule has 0 unspecified atom stereocenters. The fourth-order valence-corrected chi connectivity index (χ4v) is 2.51. The van der Waals surface area contributed by atoms with E-state index in [0.717, 1.165) is 27.8 Å². The molecule has 3 nitrogen and oxygen atoms in total. The zero-order valence-corrected chi connectivity index (χ0v) is 14.2. The summed E-state index contributed by atoms with van der Waals surface area (Å²) in [5, 5.41) is 2.94. The van der Waals surface area contributed by atoms with Gasteiger partial charge in [0.1, 0.15) is 5.75 Å². The van der Waals surface area contributed by atoms with Crippen molar-refractivity contribution in [1.29, 1.82) is 0 Å². The number of hydrogen-bond donors (Lipinski definition) is 1. The summed E-state index contributed by atoms with van der Waals surface area (Å²) in [6, 6.07) is 15.6. The molecule has 0 aromatic heterocycles. The zero-order valence-electron chi connectivity index (χ0n) is 12.6. The first-order valence-electron chi connectivity index (χ1n) is 7.40. The van der Waals surface area contributed by atoms with Crippen LogP contribution in [-0.4, -0.2) is 12.5 Å². The molecule has 0 heterocycles. The molecule has 0 saturated carbocycles. The number of halogens is 1. The number of amides is 1. The monoisotopic (exact) mass is 361 g/mol. The van der Waals surface area contributed by atoms with E-state index in [1.165, 1.54) is 0 Å². The summed E-state index contributed by atoms with van der Waals surface area (Å²) in [4.78, 5) is 12.0. The molecule has 0 fully saturated rings. The van der Waals surface area contributed by atoms with Crippen LogP contribution in [0.5, 0.6) is 5.75 Å². The summed E-state index contributed by atoms with van der Waals surface area (Å²) < 4.78 is 6.58. The molecule has 0 atom stereocenters. The smallest absolute Gasteiger partial charge is 0.224 e. The second-order valence-electron chi connectivity index (χ2n) is 5.08. The Balaban J connectivity index is 1.85. The van der Waals surface area contributed by atoms with Gasteiger partial charge in [-0.15, -0.1) is 0 Å². The Hall–Kier alpha value is -1.81. The van der Waals surface area contributed by atoms with Gasteiger partial charge in [0.05, 0.1) is 13.0 Å². The average molecular weight is 362 g/mol. The van der Waals surface area contributed by atoms with Crippen LogP contribution in [0.1, 0.15) is 24.5 Å². The molecule has 2 aromatic carbocycles. The molecule has 0 bridgehead atoms. The number of ether oxygens (including phenoxy) is 1. The highest BCUT2D eigenvalue weighted by atomic mass is 79.9. The Labute approximate surface area is 139 Å². The second kappa shape index (κ2) is 8.59. The van der Waals surface area contributed by atoms with Crippen molar-refractivity contribution in [3.8, 4) is 5.75 Å². The van der Waals surface area contributed by atoms with Crippen molar-refractivity contribution in [2.24, 2.45) is 0 Å². The normalized spacial score (nSPS) is 10.3. The van der Waals surface area contributed by atoms with Crippen LogP contribution in [0.4, 0.5) is 0 Å². The van der Waals surface area contributed by atoms with Crippen LogP contribution in [0, 0.1) is 0 Å². The number of carbonyl (C=O) groups excluding carboxylic acids is 1. The first-order chi connectivity index (χ1) is 10.7. The van der Waals surface area contributed by atoms with E-state index in [9.17, 15) is 4.79 Å². The maximum Gasteiger partial charge on any atom is 0.224 e. The van der Waals surface area contributed by atoms with Crippen LogP contribution in [0.25, 0.3) is 0 Å². The quantitative estimate of drug-likeness (QED) is 0.806. The van der Waals surface area contributed by atoms with Gasteiger partial charge in [-0.05, 0) is 41.8 Å². The van der Waals surface area contributed by atoms with Gasteiger partial charge in [-0.25, -0.2) is 0 Å². The molecule has 0 aliphatic heterocycles. The van der Waals surface area contributed by atoms with Gasteiger partial charge in [-0.1, -0.05) is 47.1 Å². The molecule has 0 saturated heterocycles. The van der Waals surface area contributed by atoms with Gasteiger partial charge in [-0.2, -0.15) is 0 Å². The van der Waals surface area contributed by atoms with Gasteiger partial charge in [0.2, 0.25) is 5.91 Å². The zero-order chi connectivity index (χ0) is 15.8. The topological polar surface area (TPSA) is 38.3 Å². The highest BCUT2D eigenvalue weighted by Crippen LogP contribution is 2.14. The maximum atomic E-state index is 12.0. The van der Waals surface area contributed by atoms with Crippen molar-refractivity contribution >= 4 is 21.8 Å². The predicted octanol–water partition coefficient (Wildman–Crippen LogP) is 4.10. The molecule has 2 aromatic rings. The van der Waals surface area contributed by atoms with E-state index in [2.05, 4.69) is 28.2 Å². The maximum absolute atomic E-state index is 12.0. The third-order valence-electron chi connectivity index (χ3n) is 3.11. The molecule has 1 N–H and O–H groups in total. The van der Waals surface area contributed by atoms with Crippen LogP contribution < -0.4 is 10.1 Å². The third kappa shape index (κ3) is 5.53. The van der Waals surface area contributed by atoms with Crippen LogP contribution >= 0.6 is 15.9 Å². The van der Waals surface area contributed by atoms with Crippen molar-refractivity contribution in [2.75, 3.05) is 6.61 Å². The Bertz CT molecular complexity index is 628. The third-order valence-corrected chi connectivity index (χ3v) is 3.61. The standard InChI is InChI=1S/C18H20BrNO2/c1-2-9-22-17-8-4-6-15(11-17)13-20-18(21)12-14-5-3-7-16(19)10-14/h3-8,10-11H,2,9,12-13H2,1H3,(H,20,21). The van der Waals surface area contributed by atoms with Crippen LogP contribution in [0.15, 0.2) is 53.0 Å². The van der Waals surface area contributed by atoms with Crippen LogP contribution in [0.2, 0.25) is 0 Å². The Morgan fingerprint density at radius 1 is 1.14 bits per heavy atom. The molecular formula is C18H20BrNO2. The number of hydrogen-bond acceptors (Lipinski definition) is 2. The minimum absolute atomic E-state index is 0.0120. The molecule has 2 rings (SSSR count). The molecular weight excluding hydrogens is 342 g/mol. The van der Waals surface area contributed by atoms with E-state index in [-0.39, 0.29) is 5.91 Å². The van der Waals surface area contributed by atoms with Gasteiger partial charge in [0.15, 0.2) is 0 Å². The van der Waals surface area contributed by atoms with E-state index in [4.69, 9.17) is 4.74 Å². The van der Waals surface area contributed by atoms with Gasteiger partial charge in [-0.3, -0.25) is 4.79 Å². The molecule has 0 radical (unpaired) electrons. The highest BCUT2D eigenvalue weighted by Gasteiger charge is 2.04. The van der Waals surface area contributed by atoms with Crippen molar-refractivity contribution in [3.63, 3.8) is 0 Å². The fraction of sp³-hybridized carbons (Fsp3) is 0.278. The largest absolute Gasteiger partial charge is 0.494 e. The molecule has 4 heteroatoms. The van der Waals surface area contributed by atoms with E-state index < -0.39 is 0 Å². The average Bonchev–Trinajstić information content (AvgIpc) is 2.51. The van der Waals surface area contributed by atoms with Gasteiger partial charge in [0, 0.05) is 11.0 Å².